The summed E-state index contributed by atoms with van der Waals surface area (Å²) < 4.78 is 4.74. The predicted molar refractivity (Wildman–Crippen MR) is 69.7 cm³/mol. The summed E-state index contributed by atoms with van der Waals surface area (Å²) in [6.45, 7) is 3.07. The molecular formula is C13H19N3O2. The van der Waals surface area contributed by atoms with Crippen molar-refractivity contribution in [3.8, 4) is 0 Å². The van der Waals surface area contributed by atoms with Gasteiger partial charge in [-0.3, -0.25) is 0 Å². The molecule has 2 heterocycles. The van der Waals surface area contributed by atoms with Crippen LogP contribution in [0.25, 0.3) is 0 Å². The highest BCUT2D eigenvalue weighted by Crippen LogP contribution is 2.17. The first kappa shape index (κ1) is 12.8. The first-order valence-corrected chi connectivity index (χ1v) is 6.16. The van der Waals surface area contributed by atoms with Crippen LogP contribution in [0.1, 0.15) is 16.8 Å². The molecule has 1 aliphatic heterocycles. The third kappa shape index (κ3) is 2.98. The average Bonchev–Trinajstić information content (AvgIpc) is 2.81. The van der Waals surface area contributed by atoms with Gasteiger partial charge in [0.1, 0.15) is 11.4 Å². The Bertz CT molecular complexity index is 422. The van der Waals surface area contributed by atoms with E-state index in [0.29, 0.717) is 17.3 Å². The fourth-order valence-corrected chi connectivity index (χ4v) is 2.25. The zero-order valence-corrected chi connectivity index (χ0v) is 10.8. The smallest absolute Gasteiger partial charge is 0.341 e. The van der Waals surface area contributed by atoms with Crippen molar-refractivity contribution in [2.75, 3.05) is 39.1 Å². The second-order valence-corrected chi connectivity index (χ2v) is 4.69. The number of nitrogens with one attached hydrogen (secondary N) is 1. The van der Waals surface area contributed by atoms with Gasteiger partial charge in [0.05, 0.1) is 7.11 Å². The molecule has 98 valence electrons. The average molecular weight is 249 g/mol. The van der Waals surface area contributed by atoms with Gasteiger partial charge < -0.3 is 15.0 Å². The van der Waals surface area contributed by atoms with E-state index in [2.05, 4.69) is 22.2 Å². The van der Waals surface area contributed by atoms with E-state index in [1.54, 1.807) is 18.3 Å². The van der Waals surface area contributed by atoms with Crippen LogP contribution in [0, 0.1) is 5.92 Å². The molecule has 0 aliphatic carbocycles. The Labute approximate surface area is 107 Å². The lowest BCUT2D eigenvalue weighted by atomic mass is 10.1. The summed E-state index contributed by atoms with van der Waals surface area (Å²) in [6, 6.07) is 3.46. The van der Waals surface area contributed by atoms with Crippen LogP contribution in [0.4, 0.5) is 5.82 Å². The Morgan fingerprint density at radius 2 is 2.50 bits per heavy atom. The van der Waals surface area contributed by atoms with Crippen molar-refractivity contribution in [3.05, 3.63) is 23.9 Å². The minimum atomic E-state index is -0.353. The topological polar surface area (TPSA) is 54.5 Å². The van der Waals surface area contributed by atoms with Gasteiger partial charge in [-0.2, -0.15) is 0 Å². The number of carbonyl (C=O) groups is 1. The van der Waals surface area contributed by atoms with Gasteiger partial charge in [-0.05, 0) is 38.1 Å². The molecule has 1 saturated heterocycles. The lowest BCUT2D eigenvalue weighted by Gasteiger charge is -2.13. The first-order valence-electron chi connectivity index (χ1n) is 6.16. The highest BCUT2D eigenvalue weighted by atomic mass is 16.5. The number of hydrogen-bond acceptors (Lipinski definition) is 5. The Hall–Kier alpha value is -1.62. The van der Waals surface area contributed by atoms with Crippen molar-refractivity contribution in [1.82, 2.24) is 9.88 Å². The molecule has 18 heavy (non-hydrogen) atoms. The molecule has 1 unspecified atom stereocenters. The molecule has 0 spiro atoms. The second kappa shape index (κ2) is 5.82. The van der Waals surface area contributed by atoms with Gasteiger partial charge in [0.2, 0.25) is 0 Å². The summed E-state index contributed by atoms with van der Waals surface area (Å²) in [5.74, 6) is 0.871. The summed E-state index contributed by atoms with van der Waals surface area (Å²) >= 11 is 0. The highest BCUT2D eigenvalue weighted by Gasteiger charge is 2.20. The molecule has 0 bridgehead atoms. The first-order chi connectivity index (χ1) is 8.70. The molecule has 1 aromatic heterocycles. The second-order valence-electron chi connectivity index (χ2n) is 4.69. The largest absolute Gasteiger partial charge is 0.465 e. The number of anilines is 1. The Morgan fingerprint density at radius 1 is 1.67 bits per heavy atom. The SMILES string of the molecule is COC(=O)c1cccnc1NCC1CCN(C)C1. The highest BCUT2D eigenvalue weighted by molar-refractivity contribution is 5.94. The molecule has 1 aromatic rings. The fourth-order valence-electron chi connectivity index (χ4n) is 2.25. The van der Waals surface area contributed by atoms with Gasteiger partial charge in [-0.15, -0.1) is 0 Å². The van der Waals surface area contributed by atoms with Crippen LogP contribution in [0.15, 0.2) is 18.3 Å². The minimum absolute atomic E-state index is 0.353. The molecule has 0 amide bonds. The van der Waals surface area contributed by atoms with Gasteiger partial charge in [0, 0.05) is 19.3 Å². The van der Waals surface area contributed by atoms with Crippen LogP contribution in [-0.4, -0.2) is 49.6 Å². The normalized spacial score (nSPS) is 19.8. The van der Waals surface area contributed by atoms with Crippen molar-refractivity contribution >= 4 is 11.8 Å². The van der Waals surface area contributed by atoms with Gasteiger partial charge in [0.15, 0.2) is 0 Å². The number of hydrogen-bond donors (Lipinski definition) is 1. The predicted octanol–water partition coefficient (Wildman–Crippen LogP) is 1.23. The molecule has 1 N–H and O–H groups in total. The zero-order chi connectivity index (χ0) is 13.0. The maximum absolute atomic E-state index is 11.6. The molecule has 1 atom stereocenters. The number of pyridine rings is 1. The zero-order valence-electron chi connectivity index (χ0n) is 10.8. The van der Waals surface area contributed by atoms with E-state index in [4.69, 9.17) is 4.74 Å². The molecule has 0 aromatic carbocycles. The maximum Gasteiger partial charge on any atom is 0.341 e. The molecule has 5 heteroatoms. The number of aromatic nitrogens is 1. The molecule has 0 radical (unpaired) electrons. The van der Waals surface area contributed by atoms with E-state index in [9.17, 15) is 4.79 Å². The van der Waals surface area contributed by atoms with E-state index >= 15 is 0 Å². The summed E-state index contributed by atoms with van der Waals surface area (Å²) in [5, 5.41) is 3.25. The monoisotopic (exact) mass is 249 g/mol. The Kier molecular flexibility index (Phi) is 4.15. The lowest BCUT2D eigenvalue weighted by Crippen LogP contribution is -2.20. The molecule has 1 fully saturated rings. The van der Waals surface area contributed by atoms with Crippen molar-refractivity contribution < 1.29 is 9.53 Å². The molecule has 5 nitrogen and oxygen atoms in total. The Balaban J connectivity index is 1.98. The number of rotatable bonds is 4. The summed E-state index contributed by atoms with van der Waals surface area (Å²) in [5.41, 5.74) is 0.492. The number of nitrogens with zero attached hydrogens (tertiary/aromatic N) is 2. The van der Waals surface area contributed by atoms with Crippen LogP contribution >= 0.6 is 0 Å². The molecular weight excluding hydrogens is 230 g/mol. The van der Waals surface area contributed by atoms with E-state index in [1.807, 2.05) is 0 Å². The van der Waals surface area contributed by atoms with Crippen molar-refractivity contribution in [2.45, 2.75) is 6.42 Å². The van der Waals surface area contributed by atoms with Crippen LogP contribution in [0.2, 0.25) is 0 Å². The van der Waals surface area contributed by atoms with Gasteiger partial charge in [-0.25, -0.2) is 9.78 Å². The van der Waals surface area contributed by atoms with Crippen molar-refractivity contribution in [2.24, 2.45) is 5.92 Å². The number of ether oxygens (including phenoxy) is 1. The fraction of sp³-hybridized carbons (Fsp3) is 0.538. The van der Waals surface area contributed by atoms with Crippen molar-refractivity contribution in [3.63, 3.8) is 0 Å². The van der Waals surface area contributed by atoms with Gasteiger partial charge >= 0.3 is 5.97 Å². The van der Waals surface area contributed by atoms with E-state index in [0.717, 1.165) is 19.6 Å². The number of carbonyl (C=O) groups excluding carboxylic acids is 1. The quantitative estimate of drug-likeness (QED) is 0.813. The van der Waals surface area contributed by atoms with Crippen LogP contribution in [-0.2, 0) is 4.74 Å². The standard InChI is InChI=1S/C13H19N3O2/c1-16-7-5-10(9-16)8-15-12-11(13(17)18-2)4-3-6-14-12/h3-4,6,10H,5,7-9H2,1-2H3,(H,14,15). The summed E-state index contributed by atoms with van der Waals surface area (Å²) in [6.07, 6.45) is 2.86. The summed E-state index contributed by atoms with van der Waals surface area (Å²) in [7, 11) is 3.51. The van der Waals surface area contributed by atoms with Crippen LogP contribution in [0.3, 0.4) is 0 Å². The lowest BCUT2D eigenvalue weighted by molar-refractivity contribution is 0.0601. The van der Waals surface area contributed by atoms with Crippen LogP contribution in [0.5, 0.6) is 0 Å². The third-order valence-electron chi connectivity index (χ3n) is 3.26. The van der Waals surface area contributed by atoms with Crippen molar-refractivity contribution in [1.29, 1.82) is 0 Å². The third-order valence-corrected chi connectivity index (χ3v) is 3.26. The molecule has 0 saturated carbocycles. The number of esters is 1. The van der Waals surface area contributed by atoms with E-state index in [-0.39, 0.29) is 5.97 Å². The molecule has 1 aliphatic rings. The van der Waals surface area contributed by atoms with Gasteiger partial charge in [0.25, 0.3) is 0 Å². The molecule has 2 rings (SSSR count). The van der Waals surface area contributed by atoms with E-state index in [1.165, 1.54) is 13.5 Å². The minimum Gasteiger partial charge on any atom is -0.465 e. The summed E-state index contributed by atoms with van der Waals surface area (Å²) in [4.78, 5) is 18.1. The maximum atomic E-state index is 11.6. The number of methoxy groups -OCH3 is 1. The van der Waals surface area contributed by atoms with E-state index < -0.39 is 0 Å². The van der Waals surface area contributed by atoms with Gasteiger partial charge in [-0.1, -0.05) is 0 Å². The number of likely N-dealkylation sites (tertiary alicyclic amines) is 1. The Morgan fingerprint density at radius 3 is 3.17 bits per heavy atom. The van der Waals surface area contributed by atoms with Crippen LogP contribution < -0.4 is 5.32 Å².